The van der Waals surface area contributed by atoms with E-state index in [0.29, 0.717) is 26.4 Å². The third-order valence-electron chi connectivity index (χ3n) is 2.82. The van der Waals surface area contributed by atoms with Crippen molar-refractivity contribution in [2.24, 2.45) is 0 Å². The van der Waals surface area contributed by atoms with E-state index >= 15 is 0 Å². The second-order valence-electron chi connectivity index (χ2n) is 4.24. The number of hydrogen-bond donors (Lipinski definition) is 2. The minimum Gasteiger partial charge on any atom is -0.379 e. The molecule has 1 unspecified atom stereocenters. The van der Waals surface area contributed by atoms with Gasteiger partial charge in [-0.05, 0) is 26.8 Å². The van der Waals surface area contributed by atoms with Crippen LogP contribution in [0.5, 0.6) is 0 Å². The SMILES string of the molecule is CCOCCOC(C)C(=O)NCC1=CCNCC1. The zero-order valence-corrected chi connectivity index (χ0v) is 11.3. The molecule has 0 aromatic carbocycles. The summed E-state index contributed by atoms with van der Waals surface area (Å²) in [5.74, 6) is -0.0640. The molecule has 104 valence electrons. The fourth-order valence-electron chi connectivity index (χ4n) is 1.68. The van der Waals surface area contributed by atoms with Crippen LogP contribution in [0.4, 0.5) is 0 Å². The van der Waals surface area contributed by atoms with Gasteiger partial charge in [0.1, 0.15) is 6.10 Å². The van der Waals surface area contributed by atoms with E-state index in [4.69, 9.17) is 9.47 Å². The van der Waals surface area contributed by atoms with Gasteiger partial charge in [-0.1, -0.05) is 11.6 Å². The summed E-state index contributed by atoms with van der Waals surface area (Å²) in [5, 5.41) is 6.13. The van der Waals surface area contributed by atoms with Crippen molar-refractivity contribution < 1.29 is 14.3 Å². The fraction of sp³-hybridized carbons (Fsp3) is 0.769. The highest BCUT2D eigenvalue weighted by atomic mass is 16.5. The standard InChI is InChI=1S/C13H24N2O3/c1-3-17-8-9-18-11(2)13(16)15-10-12-4-6-14-7-5-12/h4,11,14H,3,5-10H2,1-2H3,(H,15,16). The topological polar surface area (TPSA) is 59.6 Å². The zero-order chi connectivity index (χ0) is 13.2. The van der Waals surface area contributed by atoms with Gasteiger partial charge in [0, 0.05) is 19.7 Å². The van der Waals surface area contributed by atoms with E-state index in [0.717, 1.165) is 19.5 Å². The molecule has 5 heteroatoms. The second-order valence-corrected chi connectivity index (χ2v) is 4.24. The Hall–Kier alpha value is -0.910. The Morgan fingerprint density at radius 2 is 2.39 bits per heavy atom. The molecule has 0 saturated heterocycles. The normalized spacial score (nSPS) is 17.1. The summed E-state index contributed by atoms with van der Waals surface area (Å²) in [6, 6.07) is 0. The maximum absolute atomic E-state index is 11.7. The van der Waals surface area contributed by atoms with E-state index in [9.17, 15) is 4.79 Å². The van der Waals surface area contributed by atoms with Gasteiger partial charge in [-0.15, -0.1) is 0 Å². The van der Waals surface area contributed by atoms with E-state index in [1.807, 2.05) is 6.92 Å². The van der Waals surface area contributed by atoms with Gasteiger partial charge in [0.15, 0.2) is 0 Å². The maximum atomic E-state index is 11.7. The predicted molar refractivity (Wildman–Crippen MR) is 70.5 cm³/mol. The van der Waals surface area contributed by atoms with Crippen molar-refractivity contribution in [1.29, 1.82) is 0 Å². The largest absolute Gasteiger partial charge is 0.379 e. The number of carbonyl (C=O) groups is 1. The zero-order valence-electron chi connectivity index (χ0n) is 11.3. The van der Waals surface area contributed by atoms with Crippen molar-refractivity contribution in [2.45, 2.75) is 26.4 Å². The third kappa shape index (κ3) is 6.14. The van der Waals surface area contributed by atoms with Crippen LogP contribution in [0.3, 0.4) is 0 Å². The molecule has 1 amide bonds. The predicted octanol–water partition coefficient (Wildman–Crippen LogP) is 0.464. The molecule has 1 aliphatic heterocycles. The monoisotopic (exact) mass is 256 g/mol. The molecule has 18 heavy (non-hydrogen) atoms. The number of rotatable bonds is 8. The summed E-state index contributed by atoms with van der Waals surface area (Å²) < 4.78 is 10.5. The van der Waals surface area contributed by atoms with Crippen LogP contribution in [0.2, 0.25) is 0 Å². The minimum absolute atomic E-state index is 0.0640. The van der Waals surface area contributed by atoms with Crippen LogP contribution >= 0.6 is 0 Å². The van der Waals surface area contributed by atoms with Crippen molar-refractivity contribution in [3.8, 4) is 0 Å². The number of hydrogen-bond acceptors (Lipinski definition) is 4. The van der Waals surface area contributed by atoms with Gasteiger partial charge in [0.2, 0.25) is 5.91 Å². The third-order valence-corrected chi connectivity index (χ3v) is 2.82. The lowest BCUT2D eigenvalue weighted by atomic mass is 10.1. The number of ether oxygens (including phenoxy) is 2. The Kier molecular flexibility index (Phi) is 7.64. The van der Waals surface area contributed by atoms with Crippen LogP contribution in [-0.2, 0) is 14.3 Å². The van der Waals surface area contributed by atoms with Crippen LogP contribution in [0.25, 0.3) is 0 Å². The van der Waals surface area contributed by atoms with Gasteiger partial charge in [0.25, 0.3) is 0 Å². The van der Waals surface area contributed by atoms with Crippen molar-refractivity contribution in [3.05, 3.63) is 11.6 Å². The smallest absolute Gasteiger partial charge is 0.249 e. The van der Waals surface area contributed by atoms with E-state index in [1.54, 1.807) is 6.92 Å². The van der Waals surface area contributed by atoms with Gasteiger partial charge in [-0.25, -0.2) is 0 Å². The molecule has 0 aliphatic carbocycles. The average Bonchev–Trinajstić information content (AvgIpc) is 2.42. The molecular weight excluding hydrogens is 232 g/mol. The lowest BCUT2D eigenvalue weighted by Gasteiger charge is -2.17. The first kappa shape index (κ1) is 15.1. The summed E-state index contributed by atoms with van der Waals surface area (Å²) in [4.78, 5) is 11.7. The van der Waals surface area contributed by atoms with Crippen molar-refractivity contribution in [2.75, 3.05) is 39.5 Å². The molecule has 2 N–H and O–H groups in total. The number of carbonyl (C=O) groups excluding carboxylic acids is 1. The van der Waals surface area contributed by atoms with E-state index in [2.05, 4.69) is 16.7 Å². The van der Waals surface area contributed by atoms with E-state index < -0.39 is 6.10 Å². The maximum Gasteiger partial charge on any atom is 0.249 e. The van der Waals surface area contributed by atoms with E-state index in [1.165, 1.54) is 5.57 Å². The minimum atomic E-state index is -0.423. The molecule has 0 spiro atoms. The first-order chi connectivity index (χ1) is 8.74. The molecule has 1 atom stereocenters. The highest BCUT2D eigenvalue weighted by molar-refractivity contribution is 5.80. The van der Waals surface area contributed by atoms with Crippen LogP contribution < -0.4 is 10.6 Å². The Morgan fingerprint density at radius 1 is 1.56 bits per heavy atom. The number of amides is 1. The Balaban J connectivity index is 2.12. The molecular formula is C13H24N2O3. The van der Waals surface area contributed by atoms with Crippen molar-refractivity contribution >= 4 is 5.91 Å². The number of nitrogens with one attached hydrogen (secondary N) is 2. The average molecular weight is 256 g/mol. The van der Waals surface area contributed by atoms with Crippen LogP contribution in [0, 0.1) is 0 Å². The molecule has 0 aromatic rings. The van der Waals surface area contributed by atoms with Crippen molar-refractivity contribution in [1.82, 2.24) is 10.6 Å². The van der Waals surface area contributed by atoms with Gasteiger partial charge in [-0.3, -0.25) is 4.79 Å². The first-order valence-electron chi connectivity index (χ1n) is 6.59. The highest BCUT2D eigenvalue weighted by Crippen LogP contribution is 2.02. The van der Waals surface area contributed by atoms with Gasteiger partial charge in [-0.2, -0.15) is 0 Å². The molecule has 1 rings (SSSR count). The van der Waals surface area contributed by atoms with Gasteiger partial charge in [0.05, 0.1) is 13.2 Å². The molecule has 1 heterocycles. The summed E-state index contributed by atoms with van der Waals surface area (Å²) >= 11 is 0. The van der Waals surface area contributed by atoms with Crippen LogP contribution in [-0.4, -0.2) is 51.5 Å². The molecule has 0 bridgehead atoms. The Labute approximate surface area is 109 Å². The highest BCUT2D eigenvalue weighted by Gasteiger charge is 2.13. The molecule has 1 aliphatic rings. The van der Waals surface area contributed by atoms with Gasteiger partial charge < -0.3 is 20.1 Å². The summed E-state index contributed by atoms with van der Waals surface area (Å²) in [6.45, 7) is 7.86. The molecule has 0 radical (unpaired) electrons. The second kappa shape index (κ2) is 9.08. The Morgan fingerprint density at radius 3 is 3.06 bits per heavy atom. The summed E-state index contributed by atoms with van der Waals surface area (Å²) in [5.41, 5.74) is 1.28. The molecule has 0 fully saturated rings. The lowest BCUT2D eigenvalue weighted by Crippen LogP contribution is -2.37. The Bertz CT molecular complexity index is 279. The van der Waals surface area contributed by atoms with E-state index in [-0.39, 0.29) is 5.91 Å². The molecule has 0 saturated carbocycles. The quantitative estimate of drug-likeness (QED) is 0.489. The first-order valence-corrected chi connectivity index (χ1v) is 6.59. The van der Waals surface area contributed by atoms with Crippen molar-refractivity contribution in [3.63, 3.8) is 0 Å². The molecule has 0 aromatic heterocycles. The van der Waals surface area contributed by atoms with Crippen LogP contribution in [0.15, 0.2) is 11.6 Å². The fourth-order valence-corrected chi connectivity index (χ4v) is 1.68. The summed E-state index contributed by atoms with van der Waals surface area (Å²) in [6.07, 6.45) is 2.71. The summed E-state index contributed by atoms with van der Waals surface area (Å²) in [7, 11) is 0. The van der Waals surface area contributed by atoms with Crippen LogP contribution in [0.1, 0.15) is 20.3 Å². The lowest BCUT2D eigenvalue weighted by molar-refractivity contribution is -0.132. The van der Waals surface area contributed by atoms with Gasteiger partial charge >= 0.3 is 0 Å². The molecule has 5 nitrogen and oxygen atoms in total.